The molecule has 0 radical (unpaired) electrons. The van der Waals surface area contributed by atoms with Gasteiger partial charge in [0, 0.05) is 34.8 Å². The number of nitrogen functional groups attached to an aromatic ring is 1. The molecule has 19 heavy (non-hydrogen) atoms. The summed E-state index contributed by atoms with van der Waals surface area (Å²) in [6, 6.07) is 6.15. The van der Waals surface area contributed by atoms with Gasteiger partial charge in [0.15, 0.2) is 0 Å². The standard InChI is InChI=1S/C15H18BrN3/c1-10-3-2-6-19(9-10)14-5-4-13(17)12-7-11(16)8-18-15(12)14/h4-5,7-8,10H,2-3,6,9,17H2,1H3. The smallest absolute Gasteiger partial charge is 0.0956 e. The van der Waals surface area contributed by atoms with Crippen molar-refractivity contribution >= 4 is 38.2 Å². The number of aromatic nitrogens is 1. The van der Waals surface area contributed by atoms with Gasteiger partial charge in [-0.1, -0.05) is 6.92 Å². The van der Waals surface area contributed by atoms with Crippen molar-refractivity contribution in [1.82, 2.24) is 4.98 Å². The Hall–Kier alpha value is -1.29. The highest BCUT2D eigenvalue weighted by molar-refractivity contribution is 9.10. The molecule has 1 atom stereocenters. The number of halogens is 1. The molecule has 2 aromatic rings. The van der Waals surface area contributed by atoms with Gasteiger partial charge in [0.2, 0.25) is 0 Å². The molecule has 0 amide bonds. The van der Waals surface area contributed by atoms with Crippen LogP contribution in [0.25, 0.3) is 10.9 Å². The van der Waals surface area contributed by atoms with Gasteiger partial charge < -0.3 is 10.6 Å². The number of hydrogen-bond acceptors (Lipinski definition) is 3. The molecule has 0 spiro atoms. The summed E-state index contributed by atoms with van der Waals surface area (Å²) in [6.45, 7) is 4.54. The maximum Gasteiger partial charge on any atom is 0.0956 e. The first-order chi connectivity index (χ1) is 9.15. The monoisotopic (exact) mass is 319 g/mol. The summed E-state index contributed by atoms with van der Waals surface area (Å²) in [4.78, 5) is 7.01. The van der Waals surface area contributed by atoms with Crippen LogP contribution in [0.5, 0.6) is 0 Å². The molecule has 1 aromatic carbocycles. The van der Waals surface area contributed by atoms with Gasteiger partial charge in [0.1, 0.15) is 0 Å². The van der Waals surface area contributed by atoms with Crippen molar-refractivity contribution in [3.63, 3.8) is 0 Å². The minimum atomic E-state index is 0.747. The van der Waals surface area contributed by atoms with Crippen LogP contribution in [-0.4, -0.2) is 18.1 Å². The fourth-order valence-electron chi connectivity index (χ4n) is 2.86. The number of anilines is 2. The van der Waals surface area contributed by atoms with E-state index in [2.05, 4.69) is 44.9 Å². The fourth-order valence-corrected chi connectivity index (χ4v) is 3.20. The second kappa shape index (κ2) is 5.00. The highest BCUT2D eigenvalue weighted by atomic mass is 79.9. The highest BCUT2D eigenvalue weighted by Gasteiger charge is 2.19. The predicted octanol–water partition coefficient (Wildman–Crippen LogP) is 3.82. The summed E-state index contributed by atoms with van der Waals surface area (Å²) < 4.78 is 0.968. The van der Waals surface area contributed by atoms with Gasteiger partial charge in [-0.05, 0) is 52.9 Å². The Balaban J connectivity index is 2.11. The van der Waals surface area contributed by atoms with Gasteiger partial charge in [-0.15, -0.1) is 0 Å². The van der Waals surface area contributed by atoms with Crippen LogP contribution in [0.2, 0.25) is 0 Å². The summed E-state index contributed by atoms with van der Waals surface area (Å²) in [5.41, 5.74) is 9.08. The Morgan fingerprint density at radius 3 is 3.05 bits per heavy atom. The van der Waals surface area contributed by atoms with E-state index in [1.165, 1.54) is 18.5 Å². The normalized spacial score (nSPS) is 19.9. The van der Waals surface area contributed by atoms with E-state index < -0.39 is 0 Å². The van der Waals surface area contributed by atoms with Crippen LogP contribution in [0.15, 0.2) is 28.9 Å². The third-order valence-corrected chi connectivity index (χ3v) is 4.26. The van der Waals surface area contributed by atoms with Crippen molar-refractivity contribution in [2.75, 3.05) is 23.7 Å². The van der Waals surface area contributed by atoms with E-state index >= 15 is 0 Å². The maximum absolute atomic E-state index is 6.07. The molecule has 3 nitrogen and oxygen atoms in total. The van der Waals surface area contributed by atoms with Crippen LogP contribution in [-0.2, 0) is 0 Å². The second-order valence-corrected chi connectivity index (χ2v) is 6.33. The topological polar surface area (TPSA) is 42.1 Å². The number of benzene rings is 1. The van der Waals surface area contributed by atoms with Gasteiger partial charge in [-0.2, -0.15) is 0 Å². The lowest BCUT2D eigenvalue weighted by Crippen LogP contribution is -2.34. The van der Waals surface area contributed by atoms with E-state index in [-0.39, 0.29) is 0 Å². The lowest BCUT2D eigenvalue weighted by Gasteiger charge is -2.33. The Kier molecular flexibility index (Phi) is 3.35. The number of fused-ring (bicyclic) bond motifs is 1. The van der Waals surface area contributed by atoms with E-state index in [9.17, 15) is 0 Å². The van der Waals surface area contributed by atoms with Gasteiger partial charge in [0.25, 0.3) is 0 Å². The largest absolute Gasteiger partial charge is 0.398 e. The third kappa shape index (κ3) is 2.41. The van der Waals surface area contributed by atoms with Crippen molar-refractivity contribution in [2.45, 2.75) is 19.8 Å². The lowest BCUT2D eigenvalue weighted by atomic mass is 9.99. The molecule has 2 N–H and O–H groups in total. The van der Waals surface area contributed by atoms with Crippen LogP contribution < -0.4 is 10.6 Å². The first kappa shape index (κ1) is 12.7. The lowest BCUT2D eigenvalue weighted by molar-refractivity contribution is 0.447. The molecule has 100 valence electrons. The predicted molar refractivity (Wildman–Crippen MR) is 84.5 cm³/mol. The molecule has 1 aliphatic rings. The first-order valence-corrected chi connectivity index (χ1v) is 7.53. The zero-order valence-electron chi connectivity index (χ0n) is 11.1. The minimum absolute atomic E-state index is 0.747. The Morgan fingerprint density at radius 2 is 2.26 bits per heavy atom. The SMILES string of the molecule is CC1CCCN(c2ccc(N)c3cc(Br)cnc23)C1. The van der Waals surface area contributed by atoms with Gasteiger partial charge in [0.05, 0.1) is 11.2 Å². The molecule has 0 bridgehead atoms. The van der Waals surface area contributed by atoms with Gasteiger partial charge in [-0.25, -0.2) is 0 Å². The number of nitrogens with zero attached hydrogens (tertiary/aromatic N) is 2. The highest BCUT2D eigenvalue weighted by Crippen LogP contribution is 2.33. The summed E-state index contributed by atoms with van der Waals surface area (Å²) >= 11 is 3.47. The molecule has 3 rings (SSSR count). The molecule has 1 fully saturated rings. The molecule has 4 heteroatoms. The Morgan fingerprint density at radius 1 is 1.42 bits per heavy atom. The molecule has 0 saturated carbocycles. The number of pyridine rings is 1. The number of piperidine rings is 1. The van der Waals surface area contributed by atoms with Crippen molar-refractivity contribution in [1.29, 1.82) is 0 Å². The van der Waals surface area contributed by atoms with Crippen LogP contribution in [0.1, 0.15) is 19.8 Å². The minimum Gasteiger partial charge on any atom is -0.398 e. The van der Waals surface area contributed by atoms with E-state index in [1.54, 1.807) is 0 Å². The summed E-state index contributed by atoms with van der Waals surface area (Å²) in [5.74, 6) is 0.747. The van der Waals surface area contributed by atoms with E-state index in [0.717, 1.165) is 40.1 Å². The number of nitrogens with two attached hydrogens (primary N) is 1. The van der Waals surface area contributed by atoms with E-state index in [4.69, 9.17) is 5.73 Å². The average molecular weight is 320 g/mol. The number of rotatable bonds is 1. The Labute approximate surface area is 121 Å². The zero-order valence-corrected chi connectivity index (χ0v) is 12.7. The van der Waals surface area contributed by atoms with Gasteiger partial charge >= 0.3 is 0 Å². The molecular weight excluding hydrogens is 302 g/mol. The van der Waals surface area contributed by atoms with Crippen molar-refractivity contribution < 1.29 is 0 Å². The molecule has 2 heterocycles. The molecular formula is C15H18BrN3. The molecule has 0 aliphatic carbocycles. The Bertz CT molecular complexity index is 612. The van der Waals surface area contributed by atoms with Crippen molar-refractivity contribution in [3.8, 4) is 0 Å². The second-order valence-electron chi connectivity index (χ2n) is 5.42. The fraction of sp³-hybridized carbons (Fsp3) is 0.400. The van der Waals surface area contributed by atoms with Gasteiger partial charge in [-0.3, -0.25) is 4.98 Å². The zero-order chi connectivity index (χ0) is 13.4. The molecule has 1 aromatic heterocycles. The first-order valence-electron chi connectivity index (χ1n) is 6.74. The quantitative estimate of drug-likeness (QED) is 0.812. The average Bonchev–Trinajstić information content (AvgIpc) is 2.40. The van der Waals surface area contributed by atoms with E-state index in [0.29, 0.717) is 0 Å². The summed E-state index contributed by atoms with van der Waals surface area (Å²) in [6.07, 6.45) is 4.42. The number of hydrogen-bond donors (Lipinski definition) is 1. The van der Waals surface area contributed by atoms with Crippen LogP contribution in [0.4, 0.5) is 11.4 Å². The summed E-state index contributed by atoms with van der Waals surface area (Å²) in [5, 5.41) is 1.03. The van der Waals surface area contributed by atoms with Crippen molar-refractivity contribution in [2.24, 2.45) is 5.92 Å². The molecule has 1 saturated heterocycles. The van der Waals surface area contributed by atoms with Crippen LogP contribution >= 0.6 is 15.9 Å². The maximum atomic E-state index is 6.07. The third-order valence-electron chi connectivity index (χ3n) is 3.83. The van der Waals surface area contributed by atoms with Crippen molar-refractivity contribution in [3.05, 3.63) is 28.9 Å². The summed E-state index contributed by atoms with van der Waals surface area (Å²) in [7, 11) is 0. The molecule has 1 aliphatic heterocycles. The molecule has 1 unspecified atom stereocenters. The van der Waals surface area contributed by atoms with Crippen LogP contribution in [0, 0.1) is 5.92 Å². The van der Waals surface area contributed by atoms with E-state index in [1.807, 2.05) is 12.3 Å². The van der Waals surface area contributed by atoms with Crippen LogP contribution in [0.3, 0.4) is 0 Å².